The number of carbonyl (C=O) groups is 1. The number of carbonyl (C=O) groups excluding carboxylic acids is 1. The van der Waals surface area contributed by atoms with Crippen LogP contribution in [-0.4, -0.2) is 72.4 Å². The first-order valence-electron chi connectivity index (χ1n) is 9.10. The molecule has 1 amide bonds. The van der Waals surface area contributed by atoms with Crippen molar-refractivity contribution in [3.8, 4) is 11.3 Å². The van der Waals surface area contributed by atoms with Crippen LogP contribution in [0.2, 0.25) is 0 Å². The largest absolute Gasteiger partial charge is 0.379 e. The van der Waals surface area contributed by atoms with E-state index in [4.69, 9.17) is 4.74 Å². The summed E-state index contributed by atoms with van der Waals surface area (Å²) in [5, 5.41) is 4.27. The van der Waals surface area contributed by atoms with E-state index in [0.717, 1.165) is 12.1 Å². The molecule has 1 unspecified atom stereocenters. The lowest BCUT2D eigenvalue weighted by molar-refractivity contribution is 0.0735. The molecule has 1 aliphatic rings. The van der Waals surface area contributed by atoms with Crippen LogP contribution in [0.4, 0.5) is 0 Å². The van der Waals surface area contributed by atoms with E-state index in [9.17, 15) is 9.59 Å². The second-order valence-electron chi connectivity index (χ2n) is 7.22. The molecule has 0 radical (unpaired) electrons. The van der Waals surface area contributed by atoms with Crippen molar-refractivity contribution in [3.05, 3.63) is 52.3 Å². The predicted octanol–water partition coefficient (Wildman–Crippen LogP) is 1.10. The number of rotatable bonds is 4. The zero-order valence-electron chi connectivity index (χ0n) is 16.1. The summed E-state index contributed by atoms with van der Waals surface area (Å²) >= 11 is 0. The fourth-order valence-electron chi connectivity index (χ4n) is 3.34. The highest BCUT2D eigenvalue weighted by Gasteiger charge is 2.24. The molecule has 0 N–H and O–H groups in total. The van der Waals surface area contributed by atoms with Crippen molar-refractivity contribution in [1.82, 2.24) is 19.6 Å². The van der Waals surface area contributed by atoms with E-state index in [2.05, 4.69) is 10.00 Å². The van der Waals surface area contributed by atoms with Crippen molar-refractivity contribution >= 4 is 5.91 Å². The van der Waals surface area contributed by atoms with Gasteiger partial charge in [-0.15, -0.1) is 0 Å². The molecule has 3 rings (SSSR count). The number of hydrogen-bond acceptors (Lipinski definition) is 5. The Morgan fingerprint density at radius 3 is 2.85 bits per heavy atom. The Morgan fingerprint density at radius 1 is 1.30 bits per heavy atom. The fraction of sp³-hybridized carbons (Fsp3) is 0.450. The highest BCUT2D eigenvalue weighted by Crippen LogP contribution is 2.19. The number of aromatic nitrogens is 2. The van der Waals surface area contributed by atoms with Gasteiger partial charge in [-0.1, -0.05) is 12.1 Å². The maximum absolute atomic E-state index is 13.1. The van der Waals surface area contributed by atoms with E-state index in [1.165, 1.54) is 10.7 Å². The van der Waals surface area contributed by atoms with Gasteiger partial charge in [-0.2, -0.15) is 5.10 Å². The minimum Gasteiger partial charge on any atom is -0.379 e. The third-order valence-electron chi connectivity index (χ3n) is 4.61. The molecule has 1 aromatic heterocycles. The first-order valence-corrected chi connectivity index (χ1v) is 9.10. The van der Waals surface area contributed by atoms with E-state index in [0.29, 0.717) is 43.5 Å². The third-order valence-corrected chi connectivity index (χ3v) is 4.61. The molecule has 7 heteroatoms. The van der Waals surface area contributed by atoms with Gasteiger partial charge in [0.1, 0.15) is 0 Å². The van der Waals surface area contributed by atoms with Crippen molar-refractivity contribution < 1.29 is 9.53 Å². The van der Waals surface area contributed by atoms with Gasteiger partial charge in [-0.05, 0) is 32.3 Å². The summed E-state index contributed by atoms with van der Waals surface area (Å²) in [6, 6.07) is 10.6. The molecule has 2 aromatic rings. The Hall–Kier alpha value is -2.51. The monoisotopic (exact) mass is 370 g/mol. The molecule has 0 saturated carbocycles. The number of ether oxygens (including phenoxy) is 1. The molecule has 0 bridgehead atoms. The Morgan fingerprint density at radius 2 is 2.11 bits per heavy atom. The van der Waals surface area contributed by atoms with E-state index < -0.39 is 0 Å². The Bertz CT molecular complexity index is 862. The minimum atomic E-state index is -0.164. The fourth-order valence-corrected chi connectivity index (χ4v) is 3.34. The summed E-state index contributed by atoms with van der Waals surface area (Å²) in [4.78, 5) is 28.6. The third kappa shape index (κ3) is 4.81. The molecular weight excluding hydrogens is 344 g/mol. The lowest BCUT2D eigenvalue weighted by atomic mass is 10.1. The van der Waals surface area contributed by atoms with Crippen LogP contribution in [0.3, 0.4) is 0 Å². The summed E-state index contributed by atoms with van der Waals surface area (Å²) in [6.07, 6.45) is 0. The van der Waals surface area contributed by atoms with Gasteiger partial charge in [0.25, 0.3) is 11.5 Å². The molecule has 0 spiro atoms. The summed E-state index contributed by atoms with van der Waals surface area (Å²) in [6.45, 7) is 3.37. The second-order valence-corrected chi connectivity index (χ2v) is 7.22. The second kappa shape index (κ2) is 8.45. The van der Waals surface area contributed by atoms with E-state index in [-0.39, 0.29) is 11.5 Å². The molecule has 0 aliphatic carbocycles. The van der Waals surface area contributed by atoms with E-state index >= 15 is 0 Å². The van der Waals surface area contributed by atoms with Crippen LogP contribution in [0.1, 0.15) is 10.4 Å². The van der Waals surface area contributed by atoms with Crippen LogP contribution in [0.25, 0.3) is 11.3 Å². The van der Waals surface area contributed by atoms with Gasteiger partial charge in [0.05, 0.1) is 18.9 Å². The average molecular weight is 370 g/mol. The number of amides is 1. The summed E-state index contributed by atoms with van der Waals surface area (Å²) in [5.74, 6) is 0.288. The Balaban J connectivity index is 1.81. The van der Waals surface area contributed by atoms with Gasteiger partial charge in [0.2, 0.25) is 0 Å². The molecule has 1 aromatic carbocycles. The van der Waals surface area contributed by atoms with Crippen LogP contribution in [0, 0.1) is 5.92 Å². The standard InChI is InChI=1S/C20H26N4O3/c1-22(2)12-15-13-24(9-10-27-14-15)20(26)17-6-4-5-16(11-17)18-7-8-19(25)23(3)21-18/h4-8,11,15H,9-10,12-14H2,1-3H3. The zero-order chi connectivity index (χ0) is 19.4. The van der Waals surface area contributed by atoms with Crippen molar-refractivity contribution in [2.75, 3.05) is 46.9 Å². The van der Waals surface area contributed by atoms with Gasteiger partial charge >= 0.3 is 0 Å². The number of nitrogens with zero attached hydrogens (tertiary/aromatic N) is 4. The summed E-state index contributed by atoms with van der Waals surface area (Å²) in [5.41, 5.74) is 1.93. The Labute approximate surface area is 159 Å². The maximum atomic E-state index is 13.1. The molecular formula is C20H26N4O3. The topological polar surface area (TPSA) is 67.7 Å². The highest BCUT2D eigenvalue weighted by atomic mass is 16.5. The molecule has 144 valence electrons. The summed E-state index contributed by atoms with van der Waals surface area (Å²) < 4.78 is 6.97. The van der Waals surface area contributed by atoms with Crippen LogP contribution in [0.5, 0.6) is 0 Å². The molecule has 1 fully saturated rings. The highest BCUT2D eigenvalue weighted by molar-refractivity contribution is 5.95. The van der Waals surface area contributed by atoms with Crippen LogP contribution in [-0.2, 0) is 11.8 Å². The SMILES string of the molecule is CN(C)CC1COCCN(C(=O)c2cccc(-c3ccc(=O)n(C)n3)c2)C1. The lowest BCUT2D eigenvalue weighted by Gasteiger charge is -2.25. The van der Waals surface area contributed by atoms with Gasteiger partial charge in [0.15, 0.2) is 0 Å². The van der Waals surface area contributed by atoms with E-state index in [1.807, 2.05) is 43.3 Å². The van der Waals surface area contributed by atoms with Gasteiger partial charge < -0.3 is 14.5 Å². The van der Waals surface area contributed by atoms with Crippen molar-refractivity contribution in [3.63, 3.8) is 0 Å². The van der Waals surface area contributed by atoms with Crippen molar-refractivity contribution in [2.24, 2.45) is 13.0 Å². The lowest BCUT2D eigenvalue weighted by Crippen LogP contribution is -2.38. The van der Waals surface area contributed by atoms with Gasteiger partial charge in [-0.25, -0.2) is 4.68 Å². The molecule has 2 heterocycles. The zero-order valence-corrected chi connectivity index (χ0v) is 16.1. The number of hydrogen-bond donors (Lipinski definition) is 0. The van der Waals surface area contributed by atoms with Gasteiger partial charge in [0, 0.05) is 49.8 Å². The smallest absolute Gasteiger partial charge is 0.266 e. The molecule has 7 nitrogen and oxygen atoms in total. The summed E-state index contributed by atoms with van der Waals surface area (Å²) in [7, 11) is 5.67. The minimum absolute atomic E-state index is 0.00377. The van der Waals surface area contributed by atoms with Crippen LogP contribution in [0.15, 0.2) is 41.2 Å². The van der Waals surface area contributed by atoms with Crippen LogP contribution >= 0.6 is 0 Å². The van der Waals surface area contributed by atoms with E-state index in [1.54, 1.807) is 13.1 Å². The molecule has 27 heavy (non-hydrogen) atoms. The van der Waals surface area contributed by atoms with Crippen LogP contribution < -0.4 is 5.56 Å². The number of aryl methyl sites for hydroxylation is 1. The molecule has 1 aliphatic heterocycles. The van der Waals surface area contributed by atoms with Gasteiger partial charge in [-0.3, -0.25) is 9.59 Å². The molecule has 1 saturated heterocycles. The van der Waals surface area contributed by atoms with Crippen molar-refractivity contribution in [1.29, 1.82) is 0 Å². The first-order chi connectivity index (χ1) is 12.9. The average Bonchev–Trinajstić information content (AvgIpc) is 2.88. The quantitative estimate of drug-likeness (QED) is 0.806. The first kappa shape index (κ1) is 19.3. The normalized spacial score (nSPS) is 17.8. The van der Waals surface area contributed by atoms with Crippen molar-refractivity contribution in [2.45, 2.75) is 0 Å². The maximum Gasteiger partial charge on any atom is 0.266 e. The Kier molecular flexibility index (Phi) is 6.03. The predicted molar refractivity (Wildman–Crippen MR) is 104 cm³/mol. The molecule has 1 atom stereocenters. The number of benzene rings is 1.